The van der Waals surface area contributed by atoms with E-state index >= 15 is 0 Å². The van der Waals surface area contributed by atoms with Crippen LogP contribution in [0.3, 0.4) is 0 Å². The van der Waals surface area contributed by atoms with Crippen molar-refractivity contribution in [3.8, 4) is 5.75 Å². The molecule has 104 valence electrons. The lowest BCUT2D eigenvalue weighted by Crippen LogP contribution is -2.14. The van der Waals surface area contributed by atoms with E-state index in [1.807, 2.05) is 18.2 Å². The Labute approximate surface area is 122 Å². The Kier molecular flexibility index (Phi) is 4.02. The molecular weight excluding hydrogens is 270 g/mol. The highest BCUT2D eigenvalue weighted by Crippen LogP contribution is 2.30. The van der Waals surface area contributed by atoms with Gasteiger partial charge in [-0.25, -0.2) is 0 Å². The van der Waals surface area contributed by atoms with E-state index in [0.29, 0.717) is 6.61 Å². The van der Waals surface area contributed by atoms with E-state index in [4.69, 9.17) is 9.94 Å². The van der Waals surface area contributed by atoms with Gasteiger partial charge in [0, 0.05) is 17.5 Å². The molecule has 0 radical (unpaired) electrons. The van der Waals surface area contributed by atoms with Crippen LogP contribution in [0.25, 0.3) is 0 Å². The van der Waals surface area contributed by atoms with Crippen LogP contribution in [0.4, 0.5) is 0 Å². The highest BCUT2D eigenvalue weighted by molar-refractivity contribution is 7.07. The van der Waals surface area contributed by atoms with Gasteiger partial charge in [-0.3, -0.25) is 0 Å². The molecule has 3 nitrogen and oxygen atoms in total. The molecule has 0 bridgehead atoms. The van der Waals surface area contributed by atoms with E-state index in [1.165, 1.54) is 11.1 Å². The summed E-state index contributed by atoms with van der Waals surface area (Å²) in [6, 6.07) is 8.11. The molecule has 0 aliphatic heterocycles. The van der Waals surface area contributed by atoms with Crippen molar-refractivity contribution in [3.05, 3.63) is 51.7 Å². The summed E-state index contributed by atoms with van der Waals surface area (Å²) in [7, 11) is 0. The standard InChI is InChI=1S/C16H17NO2S/c18-17-15-5-1-4-14-13(15)3-2-6-16(14)19-9-7-12-8-10-20-11-12/h2-3,6,8,10-11,18H,1,4-5,7,9H2. The van der Waals surface area contributed by atoms with Crippen LogP contribution in [0, 0.1) is 0 Å². The summed E-state index contributed by atoms with van der Waals surface area (Å²) in [5.74, 6) is 0.929. The lowest BCUT2D eigenvalue weighted by atomic mass is 9.89. The monoisotopic (exact) mass is 287 g/mol. The lowest BCUT2D eigenvalue weighted by molar-refractivity contribution is 0.314. The fourth-order valence-electron chi connectivity index (χ4n) is 2.61. The van der Waals surface area contributed by atoms with Crippen LogP contribution in [0.1, 0.15) is 29.5 Å². The quantitative estimate of drug-likeness (QED) is 0.685. The Morgan fingerprint density at radius 1 is 1.25 bits per heavy atom. The van der Waals surface area contributed by atoms with Crippen molar-refractivity contribution in [2.24, 2.45) is 5.16 Å². The van der Waals surface area contributed by atoms with Gasteiger partial charge in [0.2, 0.25) is 0 Å². The molecule has 1 aliphatic carbocycles. The van der Waals surface area contributed by atoms with Gasteiger partial charge in [-0.2, -0.15) is 11.3 Å². The molecule has 20 heavy (non-hydrogen) atoms. The Balaban J connectivity index is 1.74. The lowest BCUT2D eigenvalue weighted by Gasteiger charge is -2.20. The zero-order valence-corrected chi connectivity index (χ0v) is 12.0. The van der Waals surface area contributed by atoms with Crippen LogP contribution in [-0.4, -0.2) is 17.5 Å². The minimum absolute atomic E-state index is 0.679. The van der Waals surface area contributed by atoms with Crippen molar-refractivity contribution < 1.29 is 9.94 Å². The van der Waals surface area contributed by atoms with E-state index < -0.39 is 0 Å². The number of ether oxygens (including phenoxy) is 1. The van der Waals surface area contributed by atoms with Crippen molar-refractivity contribution in [1.82, 2.24) is 0 Å². The van der Waals surface area contributed by atoms with E-state index in [2.05, 4.69) is 22.0 Å². The number of hydrogen-bond donors (Lipinski definition) is 1. The van der Waals surface area contributed by atoms with Crippen LogP contribution in [0.2, 0.25) is 0 Å². The molecule has 1 aromatic heterocycles. The van der Waals surface area contributed by atoms with Crippen molar-refractivity contribution >= 4 is 17.0 Å². The second kappa shape index (κ2) is 6.09. The predicted molar refractivity (Wildman–Crippen MR) is 81.2 cm³/mol. The van der Waals surface area contributed by atoms with Gasteiger partial charge in [-0.15, -0.1) is 0 Å². The first kappa shape index (κ1) is 13.2. The van der Waals surface area contributed by atoms with E-state index in [9.17, 15) is 0 Å². The topological polar surface area (TPSA) is 41.8 Å². The Morgan fingerprint density at radius 2 is 2.20 bits per heavy atom. The molecule has 0 spiro atoms. The molecule has 3 rings (SSSR count). The fraction of sp³-hybridized carbons (Fsp3) is 0.312. The van der Waals surface area contributed by atoms with Crippen LogP contribution >= 0.6 is 11.3 Å². The second-order valence-electron chi connectivity index (χ2n) is 4.91. The fourth-order valence-corrected chi connectivity index (χ4v) is 3.32. The molecule has 0 atom stereocenters. The van der Waals surface area contributed by atoms with E-state index in [-0.39, 0.29) is 0 Å². The third-order valence-electron chi connectivity index (χ3n) is 3.63. The second-order valence-corrected chi connectivity index (χ2v) is 5.69. The summed E-state index contributed by atoms with van der Waals surface area (Å²) in [5, 5.41) is 16.7. The summed E-state index contributed by atoms with van der Waals surface area (Å²) in [4.78, 5) is 0. The van der Waals surface area contributed by atoms with Gasteiger partial charge in [0.25, 0.3) is 0 Å². The maximum atomic E-state index is 9.08. The van der Waals surface area contributed by atoms with Gasteiger partial charge in [-0.1, -0.05) is 17.3 Å². The number of thiophene rings is 1. The molecule has 0 saturated carbocycles. The first-order valence-electron chi connectivity index (χ1n) is 6.85. The first-order chi connectivity index (χ1) is 9.88. The van der Waals surface area contributed by atoms with E-state index in [0.717, 1.165) is 42.7 Å². The normalized spacial score (nSPS) is 16.1. The third kappa shape index (κ3) is 2.70. The highest BCUT2D eigenvalue weighted by atomic mass is 32.1. The summed E-state index contributed by atoms with van der Waals surface area (Å²) < 4.78 is 5.94. The molecule has 0 amide bonds. The Morgan fingerprint density at radius 3 is 3.00 bits per heavy atom. The molecule has 1 heterocycles. The maximum absolute atomic E-state index is 9.08. The number of fused-ring (bicyclic) bond motifs is 1. The SMILES string of the molecule is ON=C1CCCc2c(OCCc3ccsc3)cccc21. The Bertz CT molecular complexity index is 605. The largest absolute Gasteiger partial charge is 0.493 e. The number of hydrogen-bond acceptors (Lipinski definition) is 4. The number of oxime groups is 1. The van der Waals surface area contributed by atoms with Gasteiger partial charge < -0.3 is 9.94 Å². The van der Waals surface area contributed by atoms with Crippen molar-refractivity contribution in [3.63, 3.8) is 0 Å². The van der Waals surface area contributed by atoms with Gasteiger partial charge in [-0.05, 0) is 47.7 Å². The highest BCUT2D eigenvalue weighted by Gasteiger charge is 2.19. The molecule has 0 saturated heterocycles. The van der Waals surface area contributed by atoms with Gasteiger partial charge in [0.1, 0.15) is 5.75 Å². The van der Waals surface area contributed by atoms with Gasteiger partial charge in [0.15, 0.2) is 0 Å². The summed E-state index contributed by atoms with van der Waals surface area (Å²) in [6.07, 6.45) is 3.76. The van der Waals surface area contributed by atoms with Crippen LogP contribution in [-0.2, 0) is 12.8 Å². The third-order valence-corrected chi connectivity index (χ3v) is 4.37. The van der Waals surface area contributed by atoms with Gasteiger partial charge >= 0.3 is 0 Å². The minimum atomic E-state index is 0.679. The molecular formula is C16H17NO2S. The first-order valence-corrected chi connectivity index (χ1v) is 7.80. The average molecular weight is 287 g/mol. The zero-order valence-electron chi connectivity index (χ0n) is 11.2. The Hall–Kier alpha value is -1.81. The van der Waals surface area contributed by atoms with Crippen molar-refractivity contribution in [2.75, 3.05) is 6.61 Å². The smallest absolute Gasteiger partial charge is 0.123 e. The van der Waals surface area contributed by atoms with Crippen LogP contribution in [0.5, 0.6) is 5.75 Å². The summed E-state index contributed by atoms with van der Waals surface area (Å²) >= 11 is 1.71. The zero-order chi connectivity index (χ0) is 13.8. The molecule has 1 N–H and O–H groups in total. The minimum Gasteiger partial charge on any atom is -0.493 e. The van der Waals surface area contributed by atoms with E-state index in [1.54, 1.807) is 11.3 Å². The average Bonchev–Trinajstić information content (AvgIpc) is 3.00. The molecule has 0 unspecified atom stereocenters. The van der Waals surface area contributed by atoms with Crippen molar-refractivity contribution in [2.45, 2.75) is 25.7 Å². The summed E-state index contributed by atoms with van der Waals surface area (Å²) in [6.45, 7) is 0.679. The molecule has 1 aliphatic rings. The van der Waals surface area contributed by atoms with Gasteiger partial charge in [0.05, 0.1) is 12.3 Å². The maximum Gasteiger partial charge on any atom is 0.123 e. The molecule has 0 fully saturated rings. The number of nitrogens with zero attached hydrogens (tertiary/aromatic N) is 1. The summed E-state index contributed by atoms with van der Waals surface area (Å²) in [5.41, 5.74) is 4.30. The van der Waals surface area contributed by atoms with Crippen LogP contribution in [0.15, 0.2) is 40.2 Å². The molecule has 2 aromatic rings. The number of benzene rings is 1. The molecule has 4 heteroatoms. The molecule has 1 aromatic carbocycles. The number of rotatable bonds is 4. The van der Waals surface area contributed by atoms with Crippen LogP contribution < -0.4 is 4.74 Å². The predicted octanol–water partition coefficient (Wildman–Crippen LogP) is 3.88. The van der Waals surface area contributed by atoms with Crippen molar-refractivity contribution in [1.29, 1.82) is 0 Å².